The van der Waals surface area contributed by atoms with Gasteiger partial charge in [0, 0.05) is 31.4 Å². The Morgan fingerprint density at radius 1 is 1.56 bits per heavy atom. The maximum atomic E-state index is 11.7. The van der Waals surface area contributed by atoms with Gasteiger partial charge in [-0.15, -0.1) is 0 Å². The molecule has 1 unspecified atom stereocenters. The van der Waals surface area contributed by atoms with E-state index in [0.717, 1.165) is 23.5 Å². The highest BCUT2D eigenvalue weighted by molar-refractivity contribution is 5.86. The molecule has 0 spiro atoms. The molecule has 5 heteroatoms. The summed E-state index contributed by atoms with van der Waals surface area (Å²) in [7, 11) is 1.63. The highest BCUT2D eigenvalue weighted by atomic mass is 16.5. The number of nitrogens with two attached hydrogens (primary N) is 1. The number of hydrogen-bond acceptors (Lipinski definition) is 4. The zero-order valence-corrected chi connectivity index (χ0v) is 10.8. The van der Waals surface area contributed by atoms with Gasteiger partial charge in [0.15, 0.2) is 0 Å². The molecular formula is C13H19N3O2. The molecule has 0 bridgehead atoms. The molecule has 1 aliphatic heterocycles. The molecule has 1 aliphatic rings. The maximum absolute atomic E-state index is 11.7. The lowest BCUT2D eigenvalue weighted by atomic mass is 10.1. The summed E-state index contributed by atoms with van der Waals surface area (Å²) in [4.78, 5) is 13.8. The van der Waals surface area contributed by atoms with Gasteiger partial charge < -0.3 is 20.7 Å². The molecule has 1 aromatic rings. The van der Waals surface area contributed by atoms with E-state index in [9.17, 15) is 4.79 Å². The number of benzene rings is 1. The van der Waals surface area contributed by atoms with Crippen LogP contribution in [0.15, 0.2) is 18.2 Å². The summed E-state index contributed by atoms with van der Waals surface area (Å²) in [6.45, 7) is 3.79. The first kappa shape index (κ1) is 12.7. The van der Waals surface area contributed by atoms with E-state index in [-0.39, 0.29) is 11.9 Å². The van der Waals surface area contributed by atoms with Crippen LogP contribution in [0, 0.1) is 0 Å². The third-order valence-electron chi connectivity index (χ3n) is 3.32. The van der Waals surface area contributed by atoms with Crippen molar-refractivity contribution in [1.82, 2.24) is 5.32 Å². The van der Waals surface area contributed by atoms with Crippen LogP contribution in [0.5, 0.6) is 5.75 Å². The molecular weight excluding hydrogens is 230 g/mol. The number of nitrogens with zero attached hydrogens (tertiary/aromatic N) is 1. The summed E-state index contributed by atoms with van der Waals surface area (Å²) in [5.74, 6) is 0.826. The molecule has 1 fully saturated rings. The number of rotatable bonds is 3. The smallest absolute Gasteiger partial charge is 0.242 e. The third kappa shape index (κ3) is 2.26. The van der Waals surface area contributed by atoms with Gasteiger partial charge >= 0.3 is 0 Å². The van der Waals surface area contributed by atoms with E-state index in [1.165, 1.54) is 0 Å². The highest BCUT2D eigenvalue weighted by Crippen LogP contribution is 2.28. The first-order valence-corrected chi connectivity index (χ1v) is 6.08. The van der Waals surface area contributed by atoms with Gasteiger partial charge in [0.2, 0.25) is 5.91 Å². The predicted octanol–water partition coefficient (Wildman–Crippen LogP) is 0.479. The molecule has 1 amide bonds. The second-order valence-electron chi connectivity index (χ2n) is 4.36. The zero-order chi connectivity index (χ0) is 13.1. The Kier molecular flexibility index (Phi) is 3.72. The van der Waals surface area contributed by atoms with Gasteiger partial charge in [0.05, 0.1) is 7.11 Å². The second kappa shape index (κ2) is 5.27. The van der Waals surface area contributed by atoms with Crippen LogP contribution in [0.2, 0.25) is 0 Å². The van der Waals surface area contributed by atoms with Crippen LogP contribution >= 0.6 is 0 Å². The predicted molar refractivity (Wildman–Crippen MR) is 70.7 cm³/mol. The van der Waals surface area contributed by atoms with Crippen molar-refractivity contribution in [2.75, 3.05) is 25.1 Å². The Morgan fingerprint density at radius 3 is 3.00 bits per heavy atom. The SMILES string of the molecule is COc1ccc(CN)c(N2CCNC(=O)C2C)c1. The fourth-order valence-electron chi connectivity index (χ4n) is 2.22. The van der Waals surface area contributed by atoms with E-state index in [1.54, 1.807) is 7.11 Å². The lowest BCUT2D eigenvalue weighted by Gasteiger charge is -2.36. The van der Waals surface area contributed by atoms with Crippen molar-refractivity contribution in [2.24, 2.45) is 5.73 Å². The van der Waals surface area contributed by atoms with Crippen LogP contribution in [0.1, 0.15) is 12.5 Å². The number of carbonyl (C=O) groups excluding carboxylic acids is 1. The molecule has 1 heterocycles. The van der Waals surface area contributed by atoms with Crippen LogP contribution in [0.4, 0.5) is 5.69 Å². The van der Waals surface area contributed by atoms with Crippen molar-refractivity contribution in [3.63, 3.8) is 0 Å². The molecule has 1 atom stereocenters. The fourth-order valence-corrected chi connectivity index (χ4v) is 2.22. The van der Waals surface area contributed by atoms with Crippen LogP contribution < -0.4 is 20.7 Å². The van der Waals surface area contributed by atoms with Gasteiger partial charge in [0.1, 0.15) is 11.8 Å². The van der Waals surface area contributed by atoms with Crippen molar-refractivity contribution in [3.8, 4) is 5.75 Å². The number of methoxy groups -OCH3 is 1. The van der Waals surface area contributed by atoms with Gasteiger partial charge in [-0.05, 0) is 18.6 Å². The average Bonchev–Trinajstić information content (AvgIpc) is 2.41. The van der Waals surface area contributed by atoms with Crippen molar-refractivity contribution < 1.29 is 9.53 Å². The Bertz CT molecular complexity index is 448. The van der Waals surface area contributed by atoms with E-state index in [1.807, 2.05) is 25.1 Å². The highest BCUT2D eigenvalue weighted by Gasteiger charge is 2.27. The molecule has 98 valence electrons. The Balaban J connectivity index is 2.38. The first-order valence-electron chi connectivity index (χ1n) is 6.08. The largest absolute Gasteiger partial charge is 0.497 e. The van der Waals surface area contributed by atoms with Crippen LogP contribution in [0.25, 0.3) is 0 Å². The summed E-state index contributed by atoms with van der Waals surface area (Å²) in [5.41, 5.74) is 7.77. The lowest BCUT2D eigenvalue weighted by molar-refractivity contribution is -0.122. The van der Waals surface area contributed by atoms with Gasteiger partial charge in [-0.1, -0.05) is 6.07 Å². The number of ether oxygens (including phenoxy) is 1. The molecule has 1 saturated heterocycles. The van der Waals surface area contributed by atoms with Crippen molar-refractivity contribution in [1.29, 1.82) is 0 Å². The van der Waals surface area contributed by atoms with Crippen LogP contribution in [0.3, 0.4) is 0 Å². The molecule has 3 N–H and O–H groups in total. The van der Waals surface area contributed by atoms with Crippen molar-refractivity contribution in [3.05, 3.63) is 23.8 Å². The molecule has 0 saturated carbocycles. The maximum Gasteiger partial charge on any atom is 0.242 e. The fraction of sp³-hybridized carbons (Fsp3) is 0.462. The van der Waals surface area contributed by atoms with E-state index in [0.29, 0.717) is 13.1 Å². The Hall–Kier alpha value is -1.75. The van der Waals surface area contributed by atoms with Gasteiger partial charge in [-0.25, -0.2) is 0 Å². The molecule has 2 rings (SSSR count). The molecule has 18 heavy (non-hydrogen) atoms. The topological polar surface area (TPSA) is 67.6 Å². The summed E-state index contributed by atoms with van der Waals surface area (Å²) >= 11 is 0. The average molecular weight is 249 g/mol. The Labute approximate surface area is 107 Å². The Morgan fingerprint density at radius 2 is 2.33 bits per heavy atom. The van der Waals surface area contributed by atoms with E-state index < -0.39 is 0 Å². The minimum atomic E-state index is -0.184. The monoisotopic (exact) mass is 249 g/mol. The molecule has 0 aromatic heterocycles. The number of hydrogen-bond donors (Lipinski definition) is 2. The lowest BCUT2D eigenvalue weighted by Crippen LogP contribution is -2.54. The standard InChI is InChI=1S/C13H19N3O2/c1-9-13(17)15-5-6-16(9)12-7-11(18-2)4-3-10(12)8-14/h3-4,7,9H,5-6,8,14H2,1-2H3,(H,15,17). The molecule has 1 aromatic carbocycles. The molecule has 0 aliphatic carbocycles. The van der Waals surface area contributed by atoms with Gasteiger partial charge in [0.25, 0.3) is 0 Å². The normalized spacial score (nSPS) is 19.6. The first-order chi connectivity index (χ1) is 8.67. The van der Waals surface area contributed by atoms with Crippen molar-refractivity contribution >= 4 is 11.6 Å². The molecule has 0 radical (unpaired) electrons. The van der Waals surface area contributed by atoms with Gasteiger partial charge in [-0.2, -0.15) is 0 Å². The molecule has 5 nitrogen and oxygen atoms in total. The van der Waals surface area contributed by atoms with E-state index in [2.05, 4.69) is 10.2 Å². The summed E-state index contributed by atoms with van der Waals surface area (Å²) in [6.07, 6.45) is 0. The van der Waals surface area contributed by atoms with Gasteiger partial charge in [-0.3, -0.25) is 4.79 Å². The summed E-state index contributed by atoms with van der Waals surface area (Å²) in [5, 5.41) is 2.85. The van der Waals surface area contributed by atoms with E-state index >= 15 is 0 Å². The third-order valence-corrected chi connectivity index (χ3v) is 3.32. The van der Waals surface area contributed by atoms with Crippen LogP contribution in [-0.2, 0) is 11.3 Å². The van der Waals surface area contributed by atoms with E-state index in [4.69, 9.17) is 10.5 Å². The number of anilines is 1. The number of nitrogens with one attached hydrogen (secondary N) is 1. The summed E-state index contributed by atoms with van der Waals surface area (Å²) in [6, 6.07) is 5.60. The minimum absolute atomic E-state index is 0.0482. The second-order valence-corrected chi connectivity index (χ2v) is 4.36. The number of carbonyl (C=O) groups is 1. The number of piperazine rings is 1. The zero-order valence-electron chi connectivity index (χ0n) is 10.8. The van der Waals surface area contributed by atoms with Crippen molar-refractivity contribution in [2.45, 2.75) is 19.5 Å². The summed E-state index contributed by atoms with van der Waals surface area (Å²) < 4.78 is 5.24. The quantitative estimate of drug-likeness (QED) is 0.817. The van der Waals surface area contributed by atoms with Crippen LogP contribution in [-0.4, -0.2) is 32.1 Å². The number of amides is 1. The minimum Gasteiger partial charge on any atom is -0.497 e.